The largest absolute Gasteiger partial charge is 0.301 e. The number of halogens is 1. The second-order valence-electron chi connectivity index (χ2n) is 6.54. The van der Waals surface area contributed by atoms with Crippen molar-refractivity contribution in [2.75, 3.05) is 38.1 Å². The van der Waals surface area contributed by atoms with Crippen LogP contribution in [0.25, 0.3) is 0 Å². The van der Waals surface area contributed by atoms with Gasteiger partial charge in [0.2, 0.25) is 0 Å². The highest BCUT2D eigenvalue weighted by Gasteiger charge is 2.19. The molecule has 114 valence electrons. The molecule has 0 aromatic carbocycles. The zero-order valence-electron chi connectivity index (χ0n) is 12.9. The lowest BCUT2D eigenvalue weighted by atomic mass is 9.93. The van der Waals surface area contributed by atoms with Crippen molar-refractivity contribution in [2.24, 2.45) is 0 Å². The van der Waals surface area contributed by atoms with Gasteiger partial charge < -0.3 is 4.90 Å². The SMILES string of the molecule is CC(C)(C)c1csc(CN2CCCN(CCBr)CC2)n1. The predicted molar refractivity (Wildman–Crippen MR) is 90.9 cm³/mol. The summed E-state index contributed by atoms with van der Waals surface area (Å²) in [6.45, 7) is 13.7. The zero-order valence-corrected chi connectivity index (χ0v) is 15.3. The zero-order chi connectivity index (χ0) is 14.6. The van der Waals surface area contributed by atoms with Gasteiger partial charge in [-0.1, -0.05) is 36.7 Å². The standard InChI is InChI=1S/C15H26BrN3S/c1-15(2,3)13-12-20-14(17-13)11-19-7-4-6-18(8-5-16)9-10-19/h12H,4-11H2,1-3H3. The van der Waals surface area contributed by atoms with Gasteiger partial charge in [0.15, 0.2) is 0 Å². The maximum Gasteiger partial charge on any atom is 0.107 e. The van der Waals surface area contributed by atoms with Crippen molar-refractivity contribution in [3.8, 4) is 0 Å². The molecule has 0 atom stereocenters. The van der Waals surface area contributed by atoms with E-state index >= 15 is 0 Å². The second-order valence-corrected chi connectivity index (χ2v) is 8.27. The topological polar surface area (TPSA) is 19.4 Å². The first-order chi connectivity index (χ1) is 9.49. The van der Waals surface area contributed by atoms with Crippen molar-refractivity contribution < 1.29 is 0 Å². The Hall–Kier alpha value is 0.0300. The minimum Gasteiger partial charge on any atom is -0.301 e. The van der Waals surface area contributed by atoms with E-state index < -0.39 is 0 Å². The van der Waals surface area contributed by atoms with E-state index in [9.17, 15) is 0 Å². The Kier molecular flexibility index (Phi) is 6.02. The summed E-state index contributed by atoms with van der Waals surface area (Å²) in [6, 6.07) is 0. The van der Waals surface area contributed by atoms with Crippen LogP contribution in [0.5, 0.6) is 0 Å². The van der Waals surface area contributed by atoms with Crippen molar-refractivity contribution in [3.63, 3.8) is 0 Å². The van der Waals surface area contributed by atoms with Crippen LogP contribution in [0, 0.1) is 0 Å². The molecule has 1 aliphatic rings. The van der Waals surface area contributed by atoms with E-state index in [-0.39, 0.29) is 5.41 Å². The fourth-order valence-electron chi connectivity index (χ4n) is 2.44. The number of rotatable bonds is 4. The van der Waals surface area contributed by atoms with Gasteiger partial charge in [-0.2, -0.15) is 0 Å². The molecule has 0 aliphatic carbocycles. The lowest BCUT2D eigenvalue weighted by molar-refractivity contribution is 0.258. The molecular formula is C15H26BrN3S. The van der Waals surface area contributed by atoms with Gasteiger partial charge in [0.25, 0.3) is 0 Å². The van der Waals surface area contributed by atoms with Crippen LogP contribution in [-0.2, 0) is 12.0 Å². The summed E-state index contributed by atoms with van der Waals surface area (Å²) in [7, 11) is 0. The smallest absolute Gasteiger partial charge is 0.107 e. The van der Waals surface area contributed by atoms with Gasteiger partial charge in [0.1, 0.15) is 5.01 Å². The molecule has 1 aromatic heterocycles. The molecule has 0 unspecified atom stereocenters. The summed E-state index contributed by atoms with van der Waals surface area (Å²) in [5.41, 5.74) is 1.40. The predicted octanol–water partition coefficient (Wildman–Crippen LogP) is 3.34. The van der Waals surface area contributed by atoms with Gasteiger partial charge in [0, 0.05) is 35.8 Å². The fraction of sp³-hybridized carbons (Fsp3) is 0.800. The Morgan fingerprint density at radius 1 is 1.20 bits per heavy atom. The second kappa shape index (κ2) is 7.34. The number of hydrogen-bond acceptors (Lipinski definition) is 4. The van der Waals surface area contributed by atoms with Crippen molar-refractivity contribution in [1.82, 2.24) is 14.8 Å². The van der Waals surface area contributed by atoms with E-state index in [4.69, 9.17) is 4.98 Å². The third kappa shape index (κ3) is 4.79. The Labute approximate surface area is 135 Å². The summed E-state index contributed by atoms with van der Waals surface area (Å²) >= 11 is 5.35. The Balaban J connectivity index is 1.88. The van der Waals surface area contributed by atoms with E-state index in [0.29, 0.717) is 0 Å². The van der Waals surface area contributed by atoms with Gasteiger partial charge in [-0.3, -0.25) is 4.90 Å². The third-order valence-electron chi connectivity index (χ3n) is 3.76. The van der Waals surface area contributed by atoms with E-state index in [1.54, 1.807) is 0 Å². The van der Waals surface area contributed by atoms with Crippen LogP contribution >= 0.6 is 27.3 Å². The lowest BCUT2D eigenvalue weighted by Gasteiger charge is -2.20. The fourth-order valence-corrected chi connectivity index (χ4v) is 4.01. The molecule has 5 heteroatoms. The normalized spacial score (nSPS) is 19.2. The molecule has 2 rings (SSSR count). The van der Waals surface area contributed by atoms with Gasteiger partial charge in [-0.15, -0.1) is 11.3 Å². The van der Waals surface area contributed by atoms with E-state index in [1.807, 2.05) is 11.3 Å². The molecule has 20 heavy (non-hydrogen) atoms. The van der Waals surface area contributed by atoms with Crippen molar-refractivity contribution in [2.45, 2.75) is 39.2 Å². The first-order valence-corrected chi connectivity index (χ1v) is 9.45. The molecule has 0 amide bonds. The molecule has 0 radical (unpaired) electrons. The highest BCUT2D eigenvalue weighted by atomic mass is 79.9. The van der Waals surface area contributed by atoms with Gasteiger partial charge in [-0.05, 0) is 19.5 Å². The van der Waals surface area contributed by atoms with Crippen molar-refractivity contribution >= 4 is 27.3 Å². The molecule has 1 saturated heterocycles. The van der Waals surface area contributed by atoms with Crippen LogP contribution in [0.4, 0.5) is 0 Å². The average molecular weight is 360 g/mol. The molecular weight excluding hydrogens is 334 g/mol. The first-order valence-electron chi connectivity index (χ1n) is 7.44. The molecule has 0 saturated carbocycles. The summed E-state index contributed by atoms with van der Waals surface area (Å²) in [4.78, 5) is 9.93. The van der Waals surface area contributed by atoms with E-state index in [2.05, 4.69) is 51.9 Å². The lowest BCUT2D eigenvalue weighted by Crippen LogP contribution is -2.31. The molecule has 0 N–H and O–H groups in total. The number of aromatic nitrogens is 1. The molecule has 1 aliphatic heterocycles. The maximum absolute atomic E-state index is 4.82. The Morgan fingerprint density at radius 3 is 2.55 bits per heavy atom. The van der Waals surface area contributed by atoms with Crippen LogP contribution in [-0.4, -0.2) is 52.8 Å². The van der Waals surface area contributed by atoms with Gasteiger partial charge in [-0.25, -0.2) is 4.98 Å². The van der Waals surface area contributed by atoms with Crippen LogP contribution in [0.1, 0.15) is 37.9 Å². The quantitative estimate of drug-likeness (QED) is 0.768. The summed E-state index contributed by atoms with van der Waals surface area (Å²) < 4.78 is 0. The highest BCUT2D eigenvalue weighted by Crippen LogP contribution is 2.24. The number of thiazole rings is 1. The molecule has 3 nitrogen and oxygen atoms in total. The van der Waals surface area contributed by atoms with Crippen LogP contribution < -0.4 is 0 Å². The minimum atomic E-state index is 0.167. The van der Waals surface area contributed by atoms with Crippen LogP contribution in [0.15, 0.2) is 5.38 Å². The highest BCUT2D eigenvalue weighted by molar-refractivity contribution is 9.09. The summed E-state index contributed by atoms with van der Waals surface area (Å²) in [5, 5.41) is 4.57. The summed E-state index contributed by atoms with van der Waals surface area (Å²) in [6.07, 6.45) is 1.27. The third-order valence-corrected chi connectivity index (χ3v) is 4.95. The number of nitrogens with zero attached hydrogens (tertiary/aromatic N) is 3. The van der Waals surface area contributed by atoms with Crippen molar-refractivity contribution in [3.05, 3.63) is 16.1 Å². The van der Waals surface area contributed by atoms with Crippen LogP contribution in [0.2, 0.25) is 0 Å². The molecule has 1 fully saturated rings. The Bertz CT molecular complexity index is 413. The monoisotopic (exact) mass is 359 g/mol. The average Bonchev–Trinajstić information content (AvgIpc) is 2.73. The van der Waals surface area contributed by atoms with Gasteiger partial charge in [0.05, 0.1) is 12.2 Å². The van der Waals surface area contributed by atoms with E-state index in [1.165, 1.54) is 43.3 Å². The molecule has 0 bridgehead atoms. The minimum absolute atomic E-state index is 0.167. The molecule has 1 aromatic rings. The van der Waals surface area contributed by atoms with Crippen LogP contribution in [0.3, 0.4) is 0 Å². The van der Waals surface area contributed by atoms with E-state index in [0.717, 1.165) is 18.4 Å². The molecule has 2 heterocycles. The number of hydrogen-bond donors (Lipinski definition) is 0. The van der Waals surface area contributed by atoms with Gasteiger partial charge >= 0.3 is 0 Å². The first kappa shape index (κ1) is 16.4. The summed E-state index contributed by atoms with van der Waals surface area (Å²) in [5.74, 6) is 0. The maximum atomic E-state index is 4.82. The van der Waals surface area contributed by atoms with Crippen molar-refractivity contribution in [1.29, 1.82) is 0 Å². The number of alkyl halides is 1. The Morgan fingerprint density at radius 2 is 1.90 bits per heavy atom. The molecule has 0 spiro atoms.